The Balaban J connectivity index is 1.74. The number of carbonyl (C=O) groups excluding carboxylic acids is 1. The summed E-state index contributed by atoms with van der Waals surface area (Å²) < 4.78 is 26.1. The van der Waals surface area contributed by atoms with Crippen molar-refractivity contribution in [3.05, 3.63) is 89.7 Å². The summed E-state index contributed by atoms with van der Waals surface area (Å²) in [7, 11) is -3.90. The van der Waals surface area contributed by atoms with Gasteiger partial charge in [-0.25, -0.2) is 0 Å². The minimum absolute atomic E-state index is 0.0259. The number of benzene rings is 3. The molecule has 134 valence electrons. The van der Waals surface area contributed by atoms with Gasteiger partial charge in [-0.15, -0.1) is 9.19 Å². The lowest BCUT2D eigenvalue weighted by Crippen LogP contribution is -2.13. The highest BCUT2D eigenvalue weighted by molar-refractivity contribution is 7.89. The van der Waals surface area contributed by atoms with Crippen LogP contribution < -0.4 is 0 Å². The van der Waals surface area contributed by atoms with Gasteiger partial charge in [-0.2, -0.15) is 8.42 Å². The molecular formula is C20H15N3O3S. The number of hydrogen-bond acceptors (Lipinski definition) is 5. The standard InChI is InChI=1S/C20H15N3O3S/c1-14-9-11-16(12-10-14)27(25,26)23-13-19(21-22-23)20(24)18-8-4-6-15-5-2-3-7-17(15)18/h2-13H,1H3. The van der Waals surface area contributed by atoms with Crippen LogP contribution in [-0.4, -0.2) is 28.6 Å². The molecule has 0 aliphatic heterocycles. The van der Waals surface area contributed by atoms with Crippen LogP contribution in [0.25, 0.3) is 10.8 Å². The van der Waals surface area contributed by atoms with Crippen molar-refractivity contribution in [2.75, 3.05) is 0 Å². The van der Waals surface area contributed by atoms with Crippen LogP contribution in [0.2, 0.25) is 0 Å². The highest BCUT2D eigenvalue weighted by Crippen LogP contribution is 2.21. The zero-order chi connectivity index (χ0) is 19.0. The first-order chi connectivity index (χ1) is 13.0. The molecule has 27 heavy (non-hydrogen) atoms. The minimum atomic E-state index is -3.90. The summed E-state index contributed by atoms with van der Waals surface area (Å²) in [6.07, 6.45) is 1.15. The molecule has 0 radical (unpaired) electrons. The molecule has 0 aliphatic rings. The Hall–Kier alpha value is -3.32. The number of ketones is 1. The smallest absolute Gasteiger partial charge is 0.284 e. The van der Waals surface area contributed by atoms with Gasteiger partial charge >= 0.3 is 0 Å². The first kappa shape index (κ1) is 17.1. The molecule has 0 amide bonds. The van der Waals surface area contributed by atoms with Crippen LogP contribution in [0.1, 0.15) is 21.6 Å². The van der Waals surface area contributed by atoms with E-state index in [9.17, 15) is 13.2 Å². The van der Waals surface area contributed by atoms with Gasteiger partial charge in [0.1, 0.15) is 0 Å². The van der Waals surface area contributed by atoms with E-state index in [2.05, 4.69) is 10.3 Å². The Kier molecular flexibility index (Phi) is 4.08. The third-order valence-corrected chi connectivity index (χ3v) is 5.84. The predicted molar refractivity (Wildman–Crippen MR) is 101 cm³/mol. The monoisotopic (exact) mass is 377 g/mol. The van der Waals surface area contributed by atoms with E-state index >= 15 is 0 Å². The van der Waals surface area contributed by atoms with Crippen molar-refractivity contribution in [2.45, 2.75) is 11.8 Å². The summed E-state index contributed by atoms with van der Waals surface area (Å²) in [5.41, 5.74) is 1.37. The average Bonchev–Trinajstić information content (AvgIpc) is 3.18. The van der Waals surface area contributed by atoms with Crippen LogP contribution >= 0.6 is 0 Å². The molecule has 1 aromatic heterocycles. The van der Waals surface area contributed by atoms with Crippen LogP contribution in [0.3, 0.4) is 0 Å². The molecular weight excluding hydrogens is 362 g/mol. The van der Waals surface area contributed by atoms with Gasteiger partial charge in [-0.1, -0.05) is 65.4 Å². The maximum atomic E-state index is 12.9. The van der Waals surface area contributed by atoms with Gasteiger partial charge < -0.3 is 0 Å². The van der Waals surface area contributed by atoms with E-state index in [4.69, 9.17) is 0 Å². The lowest BCUT2D eigenvalue weighted by atomic mass is 10.0. The maximum Gasteiger partial charge on any atom is 0.284 e. The maximum absolute atomic E-state index is 12.9. The Morgan fingerprint density at radius 2 is 1.63 bits per heavy atom. The summed E-state index contributed by atoms with van der Waals surface area (Å²) in [5, 5.41) is 9.16. The second-order valence-corrected chi connectivity index (χ2v) is 7.95. The van der Waals surface area contributed by atoms with Crippen molar-refractivity contribution in [1.29, 1.82) is 0 Å². The number of fused-ring (bicyclic) bond motifs is 1. The van der Waals surface area contributed by atoms with Crippen molar-refractivity contribution in [2.24, 2.45) is 0 Å². The van der Waals surface area contributed by atoms with Gasteiger partial charge in [-0.05, 0) is 29.8 Å². The molecule has 0 aliphatic carbocycles. The third kappa shape index (κ3) is 3.02. The molecule has 4 rings (SSSR count). The second kappa shape index (κ2) is 6.44. The van der Waals surface area contributed by atoms with Gasteiger partial charge in [-0.3, -0.25) is 4.79 Å². The number of hydrogen-bond donors (Lipinski definition) is 0. The molecule has 6 nitrogen and oxygen atoms in total. The Bertz CT molecular complexity index is 1250. The van der Waals surface area contributed by atoms with E-state index in [-0.39, 0.29) is 16.4 Å². The predicted octanol–water partition coefficient (Wildman–Crippen LogP) is 3.21. The fourth-order valence-electron chi connectivity index (χ4n) is 2.85. The van der Waals surface area contributed by atoms with Gasteiger partial charge in [0.15, 0.2) is 5.69 Å². The summed E-state index contributed by atoms with van der Waals surface area (Å²) >= 11 is 0. The summed E-state index contributed by atoms with van der Waals surface area (Å²) in [5.74, 6) is -0.378. The zero-order valence-electron chi connectivity index (χ0n) is 14.4. The molecule has 7 heteroatoms. The highest BCUT2D eigenvalue weighted by atomic mass is 32.2. The quantitative estimate of drug-likeness (QED) is 0.510. The zero-order valence-corrected chi connectivity index (χ0v) is 15.2. The number of carbonyl (C=O) groups is 1. The van der Waals surface area contributed by atoms with E-state index in [0.29, 0.717) is 5.56 Å². The van der Waals surface area contributed by atoms with Crippen molar-refractivity contribution >= 4 is 26.6 Å². The van der Waals surface area contributed by atoms with E-state index in [0.717, 1.165) is 26.6 Å². The first-order valence-corrected chi connectivity index (χ1v) is 9.68. The van der Waals surface area contributed by atoms with Crippen LogP contribution in [0.5, 0.6) is 0 Å². The molecule has 0 bridgehead atoms. The minimum Gasteiger partial charge on any atom is -0.287 e. The third-order valence-electron chi connectivity index (χ3n) is 4.31. The number of nitrogens with zero attached hydrogens (tertiary/aromatic N) is 3. The fraction of sp³-hybridized carbons (Fsp3) is 0.0500. The lowest BCUT2D eigenvalue weighted by Gasteiger charge is -2.04. The molecule has 0 N–H and O–H groups in total. The van der Waals surface area contributed by atoms with Crippen molar-refractivity contribution in [1.82, 2.24) is 14.4 Å². The van der Waals surface area contributed by atoms with Crippen molar-refractivity contribution < 1.29 is 13.2 Å². The van der Waals surface area contributed by atoms with E-state index < -0.39 is 10.0 Å². The highest BCUT2D eigenvalue weighted by Gasteiger charge is 2.22. The van der Waals surface area contributed by atoms with Gasteiger partial charge in [0.2, 0.25) is 5.78 Å². The largest absolute Gasteiger partial charge is 0.287 e. The van der Waals surface area contributed by atoms with E-state index in [1.165, 1.54) is 12.1 Å². The van der Waals surface area contributed by atoms with Crippen molar-refractivity contribution in [3.63, 3.8) is 0 Å². The van der Waals surface area contributed by atoms with Gasteiger partial charge in [0.25, 0.3) is 10.0 Å². The number of aromatic nitrogens is 3. The fourth-order valence-corrected chi connectivity index (χ4v) is 3.92. The van der Waals surface area contributed by atoms with Gasteiger partial charge in [0.05, 0.1) is 11.1 Å². The Labute approximate surface area is 156 Å². The molecule has 0 saturated heterocycles. The SMILES string of the molecule is Cc1ccc(S(=O)(=O)n2cc(C(=O)c3cccc4ccccc34)nn2)cc1. The Morgan fingerprint density at radius 3 is 2.41 bits per heavy atom. The van der Waals surface area contributed by atoms with E-state index in [1.807, 2.05) is 37.3 Å². The first-order valence-electron chi connectivity index (χ1n) is 8.24. The summed E-state index contributed by atoms with van der Waals surface area (Å²) in [6, 6.07) is 19.3. The molecule has 0 saturated carbocycles. The molecule has 0 spiro atoms. The van der Waals surface area contributed by atoms with Gasteiger partial charge in [0, 0.05) is 5.56 Å². The average molecular weight is 377 g/mol. The molecule has 1 heterocycles. The molecule has 0 unspecified atom stereocenters. The Morgan fingerprint density at radius 1 is 0.926 bits per heavy atom. The van der Waals surface area contributed by atoms with E-state index in [1.54, 1.807) is 24.3 Å². The summed E-state index contributed by atoms with van der Waals surface area (Å²) in [6.45, 7) is 1.87. The molecule has 3 aromatic carbocycles. The van der Waals surface area contributed by atoms with Crippen LogP contribution in [0.4, 0.5) is 0 Å². The summed E-state index contributed by atoms with van der Waals surface area (Å²) in [4.78, 5) is 13.0. The second-order valence-electron chi connectivity index (χ2n) is 6.15. The molecule has 0 atom stereocenters. The number of rotatable bonds is 4. The number of aryl methyl sites for hydroxylation is 1. The van der Waals surface area contributed by atoms with Crippen molar-refractivity contribution in [3.8, 4) is 0 Å². The normalized spacial score (nSPS) is 11.6. The lowest BCUT2D eigenvalue weighted by molar-refractivity contribution is 0.103. The topological polar surface area (TPSA) is 81.9 Å². The van der Waals surface area contributed by atoms with Crippen LogP contribution in [-0.2, 0) is 10.0 Å². The molecule has 4 aromatic rings. The van der Waals surface area contributed by atoms with Crippen LogP contribution in [0.15, 0.2) is 77.8 Å². The van der Waals surface area contributed by atoms with Crippen LogP contribution in [0, 0.1) is 6.92 Å². The molecule has 0 fully saturated rings.